The number of ether oxygens (including phenoxy) is 1. The Morgan fingerprint density at radius 2 is 2.05 bits per heavy atom. The summed E-state index contributed by atoms with van der Waals surface area (Å²) in [7, 11) is 0. The molecule has 3 rings (SSSR count). The third-order valence-electron chi connectivity index (χ3n) is 5.06. The van der Waals surface area contributed by atoms with E-state index in [1.54, 1.807) is 0 Å². The molecule has 0 heterocycles. The van der Waals surface area contributed by atoms with Gasteiger partial charge in [0.2, 0.25) is 0 Å². The van der Waals surface area contributed by atoms with E-state index < -0.39 is 0 Å². The molecule has 1 aromatic rings. The van der Waals surface area contributed by atoms with Crippen LogP contribution in [0, 0.1) is 18.8 Å². The van der Waals surface area contributed by atoms with E-state index in [1.165, 1.54) is 19.3 Å². The van der Waals surface area contributed by atoms with Crippen LogP contribution in [0.15, 0.2) is 24.3 Å². The Kier molecular flexibility index (Phi) is 4.67. The van der Waals surface area contributed by atoms with Crippen molar-refractivity contribution in [3.05, 3.63) is 29.8 Å². The highest BCUT2D eigenvalue weighted by molar-refractivity contribution is 5.78. The summed E-state index contributed by atoms with van der Waals surface area (Å²) in [5.41, 5.74) is 7.26. The smallest absolute Gasteiger partial charge is 0.258 e. The highest BCUT2D eigenvalue weighted by Gasteiger charge is 2.39. The number of aryl methyl sites for hydroxylation is 1. The lowest BCUT2D eigenvalue weighted by molar-refractivity contribution is -0.125. The third-order valence-corrected chi connectivity index (χ3v) is 5.06. The summed E-state index contributed by atoms with van der Waals surface area (Å²) in [6.45, 7) is 2.10. The van der Waals surface area contributed by atoms with Gasteiger partial charge in [-0.25, -0.2) is 0 Å². The van der Waals surface area contributed by atoms with Crippen molar-refractivity contribution in [3.63, 3.8) is 0 Å². The number of hydrogen-bond donors (Lipinski definition) is 2. The molecule has 0 spiro atoms. The Bertz CT molecular complexity index is 518. The molecule has 0 radical (unpaired) electrons. The zero-order valence-corrected chi connectivity index (χ0v) is 13.3. The lowest BCUT2D eigenvalue weighted by Gasteiger charge is -2.45. The van der Waals surface area contributed by atoms with Gasteiger partial charge in [-0.05, 0) is 62.1 Å². The Labute approximate surface area is 132 Å². The molecule has 2 aliphatic carbocycles. The first kappa shape index (κ1) is 15.3. The van der Waals surface area contributed by atoms with Gasteiger partial charge in [-0.15, -0.1) is 0 Å². The van der Waals surface area contributed by atoms with Crippen molar-refractivity contribution in [2.24, 2.45) is 17.6 Å². The van der Waals surface area contributed by atoms with Gasteiger partial charge in [0.15, 0.2) is 6.61 Å². The van der Waals surface area contributed by atoms with E-state index >= 15 is 0 Å². The molecule has 2 atom stereocenters. The summed E-state index contributed by atoms with van der Waals surface area (Å²) in [6.07, 6.45) is 5.73. The monoisotopic (exact) mass is 302 g/mol. The van der Waals surface area contributed by atoms with Crippen molar-refractivity contribution in [2.75, 3.05) is 6.61 Å². The van der Waals surface area contributed by atoms with Crippen LogP contribution in [0.1, 0.15) is 37.7 Å². The molecule has 2 fully saturated rings. The minimum atomic E-state index is -0.0149. The molecule has 2 unspecified atom stereocenters. The van der Waals surface area contributed by atoms with Crippen LogP contribution in [0.4, 0.5) is 0 Å². The fourth-order valence-electron chi connectivity index (χ4n) is 4.11. The summed E-state index contributed by atoms with van der Waals surface area (Å²) >= 11 is 0. The summed E-state index contributed by atoms with van der Waals surface area (Å²) in [6, 6.07) is 8.39. The molecular formula is C18H26N2O2. The topological polar surface area (TPSA) is 64.3 Å². The molecule has 0 saturated heterocycles. The van der Waals surface area contributed by atoms with Gasteiger partial charge < -0.3 is 15.8 Å². The minimum absolute atomic E-state index is 0.0149. The van der Waals surface area contributed by atoms with Crippen LogP contribution in [0.25, 0.3) is 0 Å². The predicted octanol–water partition coefficient (Wildman–Crippen LogP) is 2.40. The number of hydrogen-bond acceptors (Lipinski definition) is 3. The number of benzene rings is 1. The highest BCUT2D eigenvalue weighted by Crippen LogP contribution is 2.39. The summed E-state index contributed by atoms with van der Waals surface area (Å²) in [4.78, 5) is 12.2. The first-order valence-corrected chi connectivity index (χ1v) is 8.36. The van der Waals surface area contributed by atoms with Gasteiger partial charge in [-0.3, -0.25) is 4.79 Å². The summed E-state index contributed by atoms with van der Waals surface area (Å²) < 4.78 is 5.60. The van der Waals surface area contributed by atoms with Crippen molar-refractivity contribution in [2.45, 2.75) is 51.1 Å². The standard InChI is InChI=1S/C18H26N2O2/c1-12-4-2-7-16(8-12)22-11-17(21)20-18-13-5-3-6-14(18)10-15(19)9-13/h2,4,7-8,13-15,18H,3,5-6,9-11,19H2,1H3,(H,20,21). The van der Waals surface area contributed by atoms with Gasteiger partial charge in [-0.1, -0.05) is 18.6 Å². The predicted molar refractivity (Wildman–Crippen MR) is 86.6 cm³/mol. The number of amides is 1. The Balaban J connectivity index is 1.53. The van der Waals surface area contributed by atoms with Crippen molar-refractivity contribution in [1.29, 1.82) is 0 Å². The normalized spacial score (nSPS) is 30.6. The van der Waals surface area contributed by atoms with Crippen LogP contribution in [0.5, 0.6) is 5.75 Å². The Morgan fingerprint density at radius 3 is 2.73 bits per heavy atom. The van der Waals surface area contributed by atoms with E-state index in [2.05, 4.69) is 5.32 Å². The molecule has 2 bridgehead atoms. The Morgan fingerprint density at radius 1 is 1.32 bits per heavy atom. The molecule has 120 valence electrons. The molecule has 2 aliphatic rings. The second-order valence-electron chi connectivity index (χ2n) is 6.88. The number of nitrogens with two attached hydrogens (primary N) is 1. The molecule has 4 heteroatoms. The number of rotatable bonds is 4. The molecule has 1 aromatic carbocycles. The van der Waals surface area contributed by atoms with Gasteiger partial charge in [0.1, 0.15) is 5.75 Å². The molecule has 3 N–H and O–H groups in total. The molecule has 1 amide bonds. The second-order valence-corrected chi connectivity index (χ2v) is 6.88. The molecule has 0 aromatic heterocycles. The number of carbonyl (C=O) groups is 1. The van der Waals surface area contributed by atoms with Crippen molar-refractivity contribution in [1.82, 2.24) is 5.32 Å². The van der Waals surface area contributed by atoms with Gasteiger partial charge in [-0.2, -0.15) is 0 Å². The Hall–Kier alpha value is -1.55. The largest absolute Gasteiger partial charge is 0.484 e. The van der Waals surface area contributed by atoms with Crippen LogP contribution < -0.4 is 15.8 Å². The van der Waals surface area contributed by atoms with E-state index in [-0.39, 0.29) is 12.5 Å². The van der Waals surface area contributed by atoms with E-state index in [0.29, 0.717) is 23.9 Å². The fraction of sp³-hybridized carbons (Fsp3) is 0.611. The maximum Gasteiger partial charge on any atom is 0.258 e. The van der Waals surface area contributed by atoms with E-state index in [0.717, 1.165) is 24.2 Å². The summed E-state index contributed by atoms with van der Waals surface area (Å²) in [5, 5.41) is 3.21. The number of fused-ring (bicyclic) bond motifs is 2. The lowest BCUT2D eigenvalue weighted by atomic mass is 9.67. The minimum Gasteiger partial charge on any atom is -0.484 e. The fourth-order valence-corrected chi connectivity index (χ4v) is 4.11. The first-order chi connectivity index (χ1) is 10.6. The third kappa shape index (κ3) is 3.61. The van der Waals surface area contributed by atoms with Crippen LogP contribution in [-0.4, -0.2) is 24.6 Å². The lowest BCUT2D eigenvalue weighted by Crippen LogP contribution is -2.54. The molecule has 4 nitrogen and oxygen atoms in total. The van der Waals surface area contributed by atoms with Crippen LogP contribution in [-0.2, 0) is 4.79 Å². The van der Waals surface area contributed by atoms with Crippen LogP contribution in [0.3, 0.4) is 0 Å². The SMILES string of the molecule is Cc1cccc(OCC(=O)NC2C3CCCC2CC(N)C3)c1. The van der Waals surface area contributed by atoms with Crippen molar-refractivity contribution in [3.8, 4) is 5.75 Å². The highest BCUT2D eigenvalue weighted by atomic mass is 16.5. The average molecular weight is 302 g/mol. The van der Waals surface area contributed by atoms with Gasteiger partial charge in [0.05, 0.1) is 0 Å². The van der Waals surface area contributed by atoms with E-state index in [1.807, 2.05) is 31.2 Å². The number of carbonyl (C=O) groups excluding carboxylic acids is 1. The van der Waals surface area contributed by atoms with E-state index in [9.17, 15) is 4.79 Å². The van der Waals surface area contributed by atoms with Gasteiger partial charge in [0, 0.05) is 12.1 Å². The maximum atomic E-state index is 12.2. The van der Waals surface area contributed by atoms with Crippen LogP contribution >= 0.6 is 0 Å². The summed E-state index contributed by atoms with van der Waals surface area (Å²) in [5.74, 6) is 1.83. The molecule has 22 heavy (non-hydrogen) atoms. The quantitative estimate of drug-likeness (QED) is 0.897. The number of nitrogens with one attached hydrogen (secondary N) is 1. The zero-order valence-electron chi connectivity index (χ0n) is 13.3. The van der Waals surface area contributed by atoms with Gasteiger partial charge in [0.25, 0.3) is 5.91 Å². The zero-order chi connectivity index (χ0) is 15.5. The van der Waals surface area contributed by atoms with Crippen molar-refractivity contribution >= 4 is 5.91 Å². The molecular weight excluding hydrogens is 276 g/mol. The average Bonchev–Trinajstić information content (AvgIpc) is 2.46. The molecule has 2 saturated carbocycles. The van der Waals surface area contributed by atoms with Crippen LogP contribution in [0.2, 0.25) is 0 Å². The second kappa shape index (κ2) is 6.69. The first-order valence-electron chi connectivity index (χ1n) is 8.36. The maximum absolute atomic E-state index is 12.2. The van der Waals surface area contributed by atoms with E-state index in [4.69, 9.17) is 10.5 Å². The molecule has 0 aliphatic heterocycles. The van der Waals surface area contributed by atoms with Crippen molar-refractivity contribution < 1.29 is 9.53 Å². The van der Waals surface area contributed by atoms with Gasteiger partial charge >= 0.3 is 0 Å².